The van der Waals surface area contributed by atoms with E-state index >= 15 is 0 Å². The summed E-state index contributed by atoms with van der Waals surface area (Å²) in [7, 11) is 1.60. The van der Waals surface area contributed by atoms with Crippen molar-refractivity contribution in [1.82, 2.24) is 15.1 Å². The van der Waals surface area contributed by atoms with Gasteiger partial charge in [0.25, 0.3) is 5.91 Å². The topological polar surface area (TPSA) is 89.2 Å². The van der Waals surface area contributed by atoms with Crippen LogP contribution in [0.4, 0.5) is 0 Å². The molecule has 33 heavy (non-hydrogen) atoms. The quantitative estimate of drug-likeness (QED) is 0.208. The first-order valence-corrected chi connectivity index (χ1v) is 10.5. The molecule has 0 saturated carbocycles. The van der Waals surface area contributed by atoms with Gasteiger partial charge in [-0.15, -0.1) is 0 Å². The van der Waals surface area contributed by atoms with Gasteiger partial charge in [-0.25, -0.2) is 4.68 Å². The van der Waals surface area contributed by atoms with Crippen LogP contribution in [-0.2, 0) is 9.53 Å². The van der Waals surface area contributed by atoms with Crippen molar-refractivity contribution in [3.8, 4) is 28.8 Å². The monoisotopic (exact) mass is 442 g/mol. The fourth-order valence-electron chi connectivity index (χ4n) is 3.11. The molecule has 0 unspecified atom stereocenters. The Morgan fingerprint density at radius 2 is 1.97 bits per heavy atom. The Morgan fingerprint density at radius 3 is 2.64 bits per heavy atom. The molecule has 0 atom stereocenters. The Hall–Kier alpha value is -4.15. The van der Waals surface area contributed by atoms with Crippen molar-refractivity contribution in [3.63, 3.8) is 0 Å². The van der Waals surface area contributed by atoms with E-state index in [4.69, 9.17) is 14.6 Å². The second-order valence-corrected chi connectivity index (χ2v) is 7.11. The Labute approximate surface area is 193 Å². The number of amides is 1. The van der Waals surface area contributed by atoms with Crippen molar-refractivity contribution in [2.75, 3.05) is 26.9 Å². The highest BCUT2D eigenvalue weighted by molar-refractivity contribution is 6.02. The summed E-state index contributed by atoms with van der Waals surface area (Å²) in [5.74, 6) is 0.284. The highest BCUT2D eigenvalue weighted by Gasteiger charge is 2.15. The number of ether oxygens (including phenoxy) is 2. The van der Waals surface area contributed by atoms with Crippen LogP contribution in [-0.4, -0.2) is 42.6 Å². The van der Waals surface area contributed by atoms with Crippen LogP contribution in [0.3, 0.4) is 0 Å². The molecule has 0 bridgehead atoms. The van der Waals surface area contributed by atoms with E-state index in [1.807, 2.05) is 66.9 Å². The van der Waals surface area contributed by atoms with E-state index in [0.717, 1.165) is 11.3 Å². The number of methoxy groups -OCH3 is 1. The summed E-state index contributed by atoms with van der Waals surface area (Å²) in [5, 5.41) is 17.1. The van der Waals surface area contributed by atoms with Gasteiger partial charge in [-0.1, -0.05) is 30.9 Å². The van der Waals surface area contributed by atoms with Gasteiger partial charge in [-0.2, -0.15) is 10.4 Å². The Bertz CT molecular complexity index is 1140. The van der Waals surface area contributed by atoms with Crippen LogP contribution in [0.1, 0.15) is 12.0 Å². The summed E-state index contributed by atoms with van der Waals surface area (Å²) >= 11 is 0. The fourth-order valence-corrected chi connectivity index (χ4v) is 3.11. The van der Waals surface area contributed by atoms with Gasteiger partial charge < -0.3 is 14.8 Å². The summed E-state index contributed by atoms with van der Waals surface area (Å²) in [6.07, 6.45) is 5.72. The molecule has 0 radical (unpaired) electrons. The standard InChI is InChI=1S/C26H26N4O3/c1-3-15-33-24-12-10-20(11-13-24)25-22(19-30(29-25)23-8-5-4-6-9-23)17-21(18-27)26(31)28-14-7-16-32-2/h3-6,8-13,17,19H,1,7,14-16H2,2H3,(H,28,31)/b21-17+. The number of hydrogen-bond donors (Lipinski definition) is 1. The van der Waals surface area contributed by atoms with Gasteiger partial charge in [0.15, 0.2) is 0 Å². The number of aromatic nitrogens is 2. The zero-order valence-electron chi connectivity index (χ0n) is 18.5. The Morgan fingerprint density at radius 1 is 1.21 bits per heavy atom. The molecular formula is C26H26N4O3. The van der Waals surface area contributed by atoms with Crippen LogP contribution in [0.2, 0.25) is 0 Å². The molecule has 0 spiro atoms. The van der Waals surface area contributed by atoms with Crippen molar-refractivity contribution < 1.29 is 14.3 Å². The van der Waals surface area contributed by atoms with E-state index in [-0.39, 0.29) is 5.57 Å². The maximum atomic E-state index is 12.5. The number of carbonyl (C=O) groups excluding carboxylic acids is 1. The van der Waals surface area contributed by atoms with Crippen molar-refractivity contribution in [2.45, 2.75) is 6.42 Å². The summed E-state index contributed by atoms with van der Waals surface area (Å²) in [6, 6.07) is 19.1. The van der Waals surface area contributed by atoms with Gasteiger partial charge in [0.2, 0.25) is 0 Å². The number of nitrogens with zero attached hydrogens (tertiary/aromatic N) is 3. The molecule has 1 amide bonds. The smallest absolute Gasteiger partial charge is 0.261 e. The highest BCUT2D eigenvalue weighted by Crippen LogP contribution is 2.27. The number of para-hydroxylation sites is 1. The van der Waals surface area contributed by atoms with E-state index in [1.165, 1.54) is 0 Å². The van der Waals surface area contributed by atoms with E-state index in [0.29, 0.717) is 43.2 Å². The molecule has 0 aliphatic rings. The first-order chi connectivity index (χ1) is 16.2. The van der Waals surface area contributed by atoms with Crippen LogP contribution in [0.25, 0.3) is 23.0 Å². The maximum Gasteiger partial charge on any atom is 0.261 e. The molecule has 7 heteroatoms. The second kappa shape index (κ2) is 12.0. The lowest BCUT2D eigenvalue weighted by Crippen LogP contribution is -2.26. The number of rotatable bonds is 11. The average Bonchev–Trinajstić information content (AvgIpc) is 3.28. The van der Waals surface area contributed by atoms with E-state index < -0.39 is 5.91 Å². The fraction of sp³-hybridized carbons (Fsp3) is 0.192. The lowest BCUT2D eigenvalue weighted by atomic mass is 10.1. The van der Waals surface area contributed by atoms with Crippen molar-refractivity contribution in [1.29, 1.82) is 5.26 Å². The van der Waals surface area contributed by atoms with E-state index in [1.54, 1.807) is 23.9 Å². The normalized spacial score (nSPS) is 11.0. The average molecular weight is 443 g/mol. The minimum absolute atomic E-state index is 0.00668. The molecule has 1 heterocycles. The molecule has 0 aliphatic heterocycles. The third-order valence-corrected chi connectivity index (χ3v) is 4.73. The highest BCUT2D eigenvalue weighted by atomic mass is 16.5. The van der Waals surface area contributed by atoms with E-state index in [9.17, 15) is 10.1 Å². The van der Waals surface area contributed by atoms with Gasteiger partial charge in [0.05, 0.1) is 11.4 Å². The Balaban J connectivity index is 1.96. The Kier molecular flexibility index (Phi) is 8.57. The maximum absolute atomic E-state index is 12.5. The molecule has 7 nitrogen and oxygen atoms in total. The third-order valence-electron chi connectivity index (χ3n) is 4.73. The molecule has 1 N–H and O–H groups in total. The molecule has 2 aromatic carbocycles. The zero-order valence-corrected chi connectivity index (χ0v) is 18.5. The van der Waals surface area contributed by atoms with Gasteiger partial charge in [-0.05, 0) is 48.9 Å². The van der Waals surface area contributed by atoms with Crippen LogP contribution >= 0.6 is 0 Å². The number of hydrogen-bond acceptors (Lipinski definition) is 5. The molecule has 0 fully saturated rings. The molecular weight excluding hydrogens is 416 g/mol. The van der Waals surface area contributed by atoms with Crippen molar-refractivity contribution in [3.05, 3.63) is 84.6 Å². The first kappa shape index (κ1) is 23.5. The summed E-state index contributed by atoms with van der Waals surface area (Å²) < 4.78 is 12.3. The third kappa shape index (κ3) is 6.42. The van der Waals surface area contributed by atoms with Gasteiger partial charge >= 0.3 is 0 Å². The van der Waals surface area contributed by atoms with E-state index in [2.05, 4.69) is 11.9 Å². The number of nitriles is 1. The van der Waals surface area contributed by atoms with Gasteiger partial charge in [0.1, 0.15) is 24.0 Å². The largest absolute Gasteiger partial charge is 0.490 e. The zero-order chi connectivity index (χ0) is 23.5. The number of carbonyl (C=O) groups is 1. The van der Waals surface area contributed by atoms with Crippen LogP contribution < -0.4 is 10.1 Å². The minimum Gasteiger partial charge on any atom is -0.490 e. The molecule has 3 rings (SSSR count). The lowest BCUT2D eigenvalue weighted by Gasteiger charge is -2.05. The van der Waals surface area contributed by atoms with Crippen LogP contribution in [0.5, 0.6) is 5.75 Å². The summed E-state index contributed by atoms with van der Waals surface area (Å²) in [5.41, 5.74) is 3.01. The number of benzene rings is 2. The first-order valence-electron chi connectivity index (χ1n) is 10.5. The van der Waals surface area contributed by atoms with Crippen LogP contribution in [0.15, 0.2) is 79.0 Å². The molecule has 1 aromatic heterocycles. The predicted octanol–water partition coefficient (Wildman–Crippen LogP) is 4.16. The molecule has 3 aromatic rings. The molecule has 168 valence electrons. The predicted molar refractivity (Wildman–Crippen MR) is 128 cm³/mol. The van der Waals surface area contributed by atoms with Gasteiger partial charge in [-0.3, -0.25) is 4.79 Å². The second-order valence-electron chi connectivity index (χ2n) is 7.11. The van der Waals surface area contributed by atoms with Crippen molar-refractivity contribution in [2.24, 2.45) is 0 Å². The van der Waals surface area contributed by atoms with Crippen LogP contribution in [0, 0.1) is 11.3 Å². The minimum atomic E-state index is -0.430. The SMILES string of the molecule is C=CCOc1ccc(-c2nn(-c3ccccc3)cc2/C=C(\C#N)C(=O)NCCCOC)cc1. The van der Waals surface area contributed by atoms with Crippen molar-refractivity contribution >= 4 is 12.0 Å². The number of nitrogens with one attached hydrogen (secondary N) is 1. The summed E-state index contributed by atoms with van der Waals surface area (Å²) in [4.78, 5) is 12.5. The van der Waals surface area contributed by atoms with Gasteiger partial charge in [0, 0.05) is 37.6 Å². The molecule has 0 aliphatic carbocycles. The molecule has 0 saturated heterocycles. The lowest BCUT2D eigenvalue weighted by molar-refractivity contribution is -0.117. The summed E-state index contributed by atoms with van der Waals surface area (Å²) in [6.45, 7) is 5.03.